The molecule has 20 heavy (non-hydrogen) atoms. The van der Waals surface area contributed by atoms with Gasteiger partial charge in [-0.1, -0.05) is 18.9 Å². The van der Waals surface area contributed by atoms with Crippen LogP contribution in [0.5, 0.6) is 0 Å². The van der Waals surface area contributed by atoms with E-state index < -0.39 is 0 Å². The molecule has 2 aliphatic rings. The van der Waals surface area contributed by atoms with E-state index in [1.807, 2.05) is 0 Å². The number of carbonyl (C=O) groups excluding carboxylic acids is 2. The Hall–Kier alpha value is -2.08. The highest BCUT2D eigenvalue weighted by molar-refractivity contribution is 6.22. The number of carbonyl (C=O) groups is 2. The second kappa shape index (κ2) is 4.79. The van der Waals surface area contributed by atoms with Gasteiger partial charge in [0.05, 0.1) is 17.5 Å². The van der Waals surface area contributed by atoms with Crippen LogP contribution in [0.3, 0.4) is 0 Å². The van der Waals surface area contributed by atoms with Crippen molar-refractivity contribution in [2.45, 2.75) is 26.2 Å². The summed E-state index contributed by atoms with van der Waals surface area (Å²) in [6, 6.07) is 7.09. The number of fused-ring (bicyclic) bond motifs is 1. The summed E-state index contributed by atoms with van der Waals surface area (Å²) in [6.45, 7) is 2.15. The molecule has 1 saturated heterocycles. The molecule has 0 bridgehead atoms. The lowest BCUT2D eigenvalue weighted by Crippen LogP contribution is -2.30. The molecular weight excluding hydrogens is 250 g/mol. The molecule has 3 heteroatoms. The highest BCUT2D eigenvalue weighted by atomic mass is 16.2. The lowest BCUT2D eigenvalue weighted by molar-refractivity contribution is -0.122. The van der Waals surface area contributed by atoms with E-state index in [4.69, 9.17) is 6.42 Å². The van der Waals surface area contributed by atoms with Gasteiger partial charge in [-0.2, -0.15) is 0 Å². The van der Waals surface area contributed by atoms with Crippen LogP contribution < -0.4 is 4.90 Å². The molecule has 3 nitrogen and oxygen atoms in total. The molecule has 3 atom stereocenters. The fraction of sp³-hybridized carbons (Fsp3) is 0.412. The first-order chi connectivity index (χ1) is 9.61. The Labute approximate surface area is 119 Å². The van der Waals surface area contributed by atoms with Gasteiger partial charge in [0.25, 0.3) is 0 Å². The minimum atomic E-state index is -0.138. The third kappa shape index (κ3) is 1.92. The van der Waals surface area contributed by atoms with E-state index in [9.17, 15) is 9.59 Å². The molecule has 102 valence electrons. The van der Waals surface area contributed by atoms with E-state index in [1.54, 1.807) is 24.3 Å². The van der Waals surface area contributed by atoms with Crippen molar-refractivity contribution in [3.63, 3.8) is 0 Å². The molecule has 1 heterocycles. The summed E-state index contributed by atoms with van der Waals surface area (Å²) >= 11 is 0. The van der Waals surface area contributed by atoms with E-state index in [1.165, 1.54) is 4.90 Å². The zero-order chi connectivity index (χ0) is 14.3. The fourth-order valence-corrected chi connectivity index (χ4v) is 3.38. The Balaban J connectivity index is 1.96. The predicted octanol–water partition coefficient (Wildman–Crippen LogP) is 2.59. The third-order valence-corrected chi connectivity index (χ3v) is 4.46. The largest absolute Gasteiger partial charge is 0.274 e. The zero-order valence-corrected chi connectivity index (χ0v) is 11.5. The molecule has 1 aliphatic carbocycles. The van der Waals surface area contributed by atoms with E-state index in [2.05, 4.69) is 12.8 Å². The van der Waals surface area contributed by atoms with Crippen molar-refractivity contribution in [3.8, 4) is 12.3 Å². The van der Waals surface area contributed by atoms with Gasteiger partial charge in [0.15, 0.2) is 0 Å². The van der Waals surface area contributed by atoms with Crippen molar-refractivity contribution in [2.24, 2.45) is 17.8 Å². The van der Waals surface area contributed by atoms with E-state index in [-0.39, 0.29) is 23.7 Å². The topological polar surface area (TPSA) is 37.4 Å². The van der Waals surface area contributed by atoms with Crippen molar-refractivity contribution < 1.29 is 9.59 Å². The number of terminal acetylenes is 1. The standard InChI is InChI=1S/C17H17NO2/c1-3-12-5-4-6-13(10-12)18-16(19)14-8-7-11(2)9-15(14)17(18)20/h1,4-6,10-11,14-15H,7-9H2,2H3. The molecule has 0 N–H and O–H groups in total. The Kier molecular flexibility index (Phi) is 3.10. The van der Waals surface area contributed by atoms with Crippen LogP contribution >= 0.6 is 0 Å². The van der Waals surface area contributed by atoms with E-state index >= 15 is 0 Å². The normalized spacial score (nSPS) is 29.2. The van der Waals surface area contributed by atoms with Gasteiger partial charge in [0.1, 0.15) is 0 Å². The first-order valence-electron chi connectivity index (χ1n) is 7.06. The van der Waals surface area contributed by atoms with Gasteiger partial charge in [-0.25, -0.2) is 0 Å². The van der Waals surface area contributed by atoms with E-state index in [0.29, 0.717) is 17.2 Å². The summed E-state index contributed by atoms with van der Waals surface area (Å²) in [7, 11) is 0. The maximum atomic E-state index is 12.5. The first kappa shape index (κ1) is 12.9. The van der Waals surface area contributed by atoms with Gasteiger partial charge in [-0.3, -0.25) is 14.5 Å². The number of hydrogen-bond acceptors (Lipinski definition) is 2. The van der Waals surface area contributed by atoms with Crippen molar-refractivity contribution in [1.29, 1.82) is 0 Å². The van der Waals surface area contributed by atoms with Crippen molar-refractivity contribution in [3.05, 3.63) is 29.8 Å². The lowest BCUT2D eigenvalue weighted by Gasteiger charge is -2.25. The number of imide groups is 1. The molecule has 0 radical (unpaired) electrons. The highest BCUT2D eigenvalue weighted by Crippen LogP contribution is 2.42. The van der Waals surface area contributed by atoms with Crippen LogP contribution in [-0.2, 0) is 9.59 Å². The Bertz CT molecular complexity index is 614. The maximum Gasteiger partial charge on any atom is 0.237 e. The monoisotopic (exact) mass is 267 g/mol. The number of nitrogens with zero attached hydrogens (tertiary/aromatic N) is 1. The summed E-state index contributed by atoms with van der Waals surface area (Å²) in [6.07, 6.45) is 8.05. The minimum Gasteiger partial charge on any atom is -0.274 e. The predicted molar refractivity (Wildman–Crippen MR) is 76.9 cm³/mol. The van der Waals surface area contributed by atoms with Gasteiger partial charge >= 0.3 is 0 Å². The molecule has 0 aromatic heterocycles. The Morgan fingerprint density at radius 2 is 1.95 bits per heavy atom. The Morgan fingerprint density at radius 3 is 2.70 bits per heavy atom. The summed E-state index contributed by atoms with van der Waals surface area (Å²) in [5, 5.41) is 0. The average molecular weight is 267 g/mol. The van der Waals surface area contributed by atoms with Crippen LogP contribution in [0.25, 0.3) is 0 Å². The van der Waals surface area contributed by atoms with Gasteiger partial charge in [0.2, 0.25) is 11.8 Å². The van der Waals surface area contributed by atoms with Crippen LogP contribution in [0.1, 0.15) is 31.7 Å². The lowest BCUT2D eigenvalue weighted by atomic mass is 9.76. The first-order valence-corrected chi connectivity index (χ1v) is 7.06. The molecule has 3 unspecified atom stereocenters. The molecule has 1 aromatic carbocycles. The third-order valence-electron chi connectivity index (χ3n) is 4.46. The summed E-state index contributed by atoms with van der Waals surface area (Å²) in [5.74, 6) is 2.68. The number of anilines is 1. The molecule has 1 aromatic rings. The SMILES string of the molecule is C#Cc1cccc(N2C(=O)C3CCC(C)CC3C2=O)c1. The van der Waals surface area contributed by atoms with Gasteiger partial charge in [-0.15, -0.1) is 6.42 Å². The maximum absolute atomic E-state index is 12.5. The van der Waals surface area contributed by atoms with Gasteiger partial charge in [-0.05, 0) is 43.4 Å². The van der Waals surface area contributed by atoms with Crippen LogP contribution in [-0.4, -0.2) is 11.8 Å². The second-order valence-corrected chi connectivity index (χ2v) is 5.84. The van der Waals surface area contributed by atoms with Crippen LogP contribution in [0.4, 0.5) is 5.69 Å². The van der Waals surface area contributed by atoms with Crippen LogP contribution in [0.2, 0.25) is 0 Å². The molecule has 1 saturated carbocycles. The number of rotatable bonds is 1. The number of benzene rings is 1. The molecule has 1 aliphatic heterocycles. The molecule has 2 amide bonds. The quantitative estimate of drug-likeness (QED) is 0.579. The molecule has 3 rings (SSSR count). The summed E-state index contributed by atoms with van der Waals surface area (Å²) < 4.78 is 0. The summed E-state index contributed by atoms with van der Waals surface area (Å²) in [4.78, 5) is 26.4. The molecule has 0 spiro atoms. The average Bonchev–Trinajstić information content (AvgIpc) is 2.70. The second-order valence-electron chi connectivity index (χ2n) is 5.84. The fourth-order valence-electron chi connectivity index (χ4n) is 3.38. The molecular formula is C17H17NO2. The van der Waals surface area contributed by atoms with Crippen molar-refractivity contribution in [2.75, 3.05) is 4.90 Å². The highest BCUT2D eigenvalue weighted by Gasteiger charge is 2.49. The van der Waals surface area contributed by atoms with E-state index in [0.717, 1.165) is 19.3 Å². The Morgan fingerprint density at radius 1 is 1.20 bits per heavy atom. The zero-order valence-electron chi connectivity index (χ0n) is 11.5. The van der Waals surface area contributed by atoms with Crippen LogP contribution in [0.15, 0.2) is 24.3 Å². The number of hydrogen-bond donors (Lipinski definition) is 0. The minimum absolute atomic E-state index is 0.0546. The van der Waals surface area contributed by atoms with Crippen molar-refractivity contribution >= 4 is 17.5 Å². The smallest absolute Gasteiger partial charge is 0.237 e. The number of amides is 2. The van der Waals surface area contributed by atoms with Gasteiger partial charge < -0.3 is 0 Å². The van der Waals surface area contributed by atoms with Crippen molar-refractivity contribution in [1.82, 2.24) is 0 Å². The van der Waals surface area contributed by atoms with Crippen LogP contribution in [0, 0.1) is 30.1 Å². The summed E-state index contributed by atoms with van der Waals surface area (Å²) in [5.41, 5.74) is 1.30. The molecule has 2 fully saturated rings. The van der Waals surface area contributed by atoms with Gasteiger partial charge in [0, 0.05) is 5.56 Å².